The van der Waals surface area contributed by atoms with Gasteiger partial charge >= 0.3 is 0 Å². The number of hydrogen-bond acceptors (Lipinski definition) is 5. The SMILES string of the molecule is Nc1ccc(OCC2CCOCC2)c(S(N)(=O)=O)c1. The molecule has 0 amide bonds. The Morgan fingerprint density at radius 3 is 2.63 bits per heavy atom. The highest BCUT2D eigenvalue weighted by atomic mass is 32.2. The summed E-state index contributed by atoms with van der Waals surface area (Å²) in [5, 5.41) is 5.15. The van der Waals surface area contributed by atoms with Crippen molar-refractivity contribution in [1.82, 2.24) is 0 Å². The zero-order valence-electron chi connectivity index (χ0n) is 10.5. The smallest absolute Gasteiger partial charge is 0.241 e. The number of hydrogen-bond donors (Lipinski definition) is 2. The Bertz CT molecular complexity index is 539. The monoisotopic (exact) mass is 286 g/mol. The van der Waals surface area contributed by atoms with Crippen molar-refractivity contribution in [2.45, 2.75) is 17.7 Å². The van der Waals surface area contributed by atoms with Crippen molar-refractivity contribution in [3.63, 3.8) is 0 Å². The van der Waals surface area contributed by atoms with E-state index in [9.17, 15) is 8.42 Å². The van der Waals surface area contributed by atoms with Crippen LogP contribution < -0.4 is 15.6 Å². The van der Waals surface area contributed by atoms with E-state index in [4.69, 9.17) is 20.3 Å². The maximum absolute atomic E-state index is 11.5. The van der Waals surface area contributed by atoms with Crippen LogP contribution in [0, 0.1) is 5.92 Å². The zero-order valence-corrected chi connectivity index (χ0v) is 11.4. The van der Waals surface area contributed by atoms with E-state index in [-0.39, 0.29) is 10.6 Å². The Kier molecular flexibility index (Phi) is 4.28. The molecule has 0 spiro atoms. The summed E-state index contributed by atoms with van der Waals surface area (Å²) in [7, 11) is -3.84. The molecule has 1 saturated heterocycles. The Labute approximate surface area is 112 Å². The van der Waals surface area contributed by atoms with Crippen molar-refractivity contribution in [2.24, 2.45) is 11.1 Å². The summed E-state index contributed by atoms with van der Waals surface area (Å²) in [6, 6.07) is 4.44. The molecule has 0 aliphatic carbocycles. The molecule has 19 heavy (non-hydrogen) atoms. The first-order valence-corrected chi connectivity index (χ1v) is 7.64. The Balaban J connectivity index is 2.11. The fourth-order valence-corrected chi connectivity index (χ4v) is 2.69. The number of sulfonamides is 1. The standard InChI is InChI=1S/C12H18N2O4S/c13-10-1-2-11(12(7-10)19(14,15)16)18-8-9-3-5-17-6-4-9/h1-2,7,9H,3-6,8,13H2,(H2,14,15,16). The lowest BCUT2D eigenvalue weighted by atomic mass is 10.0. The average Bonchev–Trinajstić information content (AvgIpc) is 2.37. The van der Waals surface area contributed by atoms with Gasteiger partial charge in [-0.1, -0.05) is 0 Å². The zero-order chi connectivity index (χ0) is 13.9. The van der Waals surface area contributed by atoms with Crippen LogP contribution in [-0.4, -0.2) is 28.2 Å². The predicted molar refractivity (Wildman–Crippen MR) is 71.3 cm³/mol. The third kappa shape index (κ3) is 3.82. The third-order valence-electron chi connectivity index (χ3n) is 3.09. The van der Waals surface area contributed by atoms with Crippen molar-refractivity contribution < 1.29 is 17.9 Å². The van der Waals surface area contributed by atoms with Crippen molar-refractivity contribution in [2.75, 3.05) is 25.6 Å². The van der Waals surface area contributed by atoms with Gasteiger partial charge in [-0.2, -0.15) is 0 Å². The van der Waals surface area contributed by atoms with E-state index in [1.807, 2.05) is 0 Å². The molecule has 0 saturated carbocycles. The second-order valence-electron chi connectivity index (χ2n) is 4.62. The van der Waals surface area contributed by atoms with Crippen LogP contribution in [0.3, 0.4) is 0 Å². The molecule has 1 aromatic carbocycles. The van der Waals surface area contributed by atoms with Gasteiger partial charge in [0.2, 0.25) is 10.0 Å². The van der Waals surface area contributed by atoms with Gasteiger partial charge in [-0.3, -0.25) is 0 Å². The van der Waals surface area contributed by atoms with E-state index in [2.05, 4.69) is 0 Å². The molecule has 4 N–H and O–H groups in total. The van der Waals surface area contributed by atoms with Crippen LogP contribution in [0.1, 0.15) is 12.8 Å². The van der Waals surface area contributed by atoms with Crippen molar-refractivity contribution in [3.8, 4) is 5.75 Å². The molecule has 0 atom stereocenters. The third-order valence-corrected chi connectivity index (χ3v) is 4.02. The van der Waals surface area contributed by atoms with Gasteiger partial charge in [0.25, 0.3) is 0 Å². The number of benzene rings is 1. The van der Waals surface area contributed by atoms with Crippen molar-refractivity contribution in [1.29, 1.82) is 0 Å². The van der Waals surface area contributed by atoms with E-state index < -0.39 is 10.0 Å². The second-order valence-corrected chi connectivity index (χ2v) is 6.15. The van der Waals surface area contributed by atoms with Crippen LogP contribution in [0.25, 0.3) is 0 Å². The van der Waals surface area contributed by atoms with Crippen molar-refractivity contribution >= 4 is 15.7 Å². The molecule has 0 aromatic heterocycles. The first kappa shape index (κ1) is 14.1. The Hall–Kier alpha value is -1.31. The lowest BCUT2D eigenvalue weighted by Gasteiger charge is -2.22. The number of anilines is 1. The lowest BCUT2D eigenvalue weighted by Crippen LogP contribution is -2.22. The summed E-state index contributed by atoms with van der Waals surface area (Å²) in [5.41, 5.74) is 5.91. The quantitative estimate of drug-likeness (QED) is 0.794. The first-order chi connectivity index (χ1) is 8.97. The van der Waals surface area contributed by atoms with Crippen LogP contribution >= 0.6 is 0 Å². The number of nitrogens with two attached hydrogens (primary N) is 2. The molecular weight excluding hydrogens is 268 g/mol. The summed E-state index contributed by atoms with van der Waals surface area (Å²) >= 11 is 0. The highest BCUT2D eigenvalue weighted by Gasteiger charge is 2.19. The average molecular weight is 286 g/mol. The van der Waals surface area contributed by atoms with E-state index in [1.165, 1.54) is 12.1 Å². The summed E-state index contributed by atoms with van der Waals surface area (Å²) in [5.74, 6) is 0.628. The number of ether oxygens (including phenoxy) is 2. The minimum atomic E-state index is -3.84. The lowest BCUT2D eigenvalue weighted by molar-refractivity contribution is 0.0493. The number of rotatable bonds is 4. The van der Waals surface area contributed by atoms with Crippen LogP contribution in [0.5, 0.6) is 5.75 Å². The van der Waals surface area contributed by atoms with Gasteiger partial charge in [-0.25, -0.2) is 13.6 Å². The van der Waals surface area contributed by atoms with E-state index in [1.54, 1.807) is 6.07 Å². The van der Waals surface area contributed by atoms with Gasteiger partial charge in [0, 0.05) is 18.9 Å². The normalized spacial score (nSPS) is 17.3. The summed E-state index contributed by atoms with van der Waals surface area (Å²) in [6.07, 6.45) is 1.83. The van der Waals surface area contributed by atoms with Gasteiger partial charge in [0.05, 0.1) is 6.61 Å². The molecule has 0 bridgehead atoms. The number of nitrogen functional groups attached to an aromatic ring is 1. The molecule has 1 fully saturated rings. The Morgan fingerprint density at radius 1 is 1.32 bits per heavy atom. The molecule has 0 unspecified atom stereocenters. The maximum atomic E-state index is 11.5. The minimum absolute atomic E-state index is 0.0699. The largest absolute Gasteiger partial charge is 0.492 e. The van der Waals surface area contributed by atoms with E-state index in [0.717, 1.165) is 26.1 Å². The minimum Gasteiger partial charge on any atom is -0.492 e. The summed E-state index contributed by atoms with van der Waals surface area (Å²) in [6.45, 7) is 1.89. The molecule has 1 aliphatic heterocycles. The predicted octanol–water partition coefficient (Wildman–Crippen LogP) is 0.722. The molecule has 1 aromatic rings. The topological polar surface area (TPSA) is 105 Å². The molecule has 6 nitrogen and oxygen atoms in total. The summed E-state index contributed by atoms with van der Waals surface area (Å²) in [4.78, 5) is -0.0699. The molecule has 1 heterocycles. The van der Waals surface area contributed by atoms with Crippen LogP contribution in [-0.2, 0) is 14.8 Å². The fourth-order valence-electron chi connectivity index (χ4n) is 1.99. The molecule has 7 heteroatoms. The maximum Gasteiger partial charge on any atom is 0.241 e. The van der Waals surface area contributed by atoms with Gasteiger partial charge in [0.15, 0.2) is 0 Å². The second kappa shape index (κ2) is 5.77. The Morgan fingerprint density at radius 2 is 2.00 bits per heavy atom. The first-order valence-electron chi connectivity index (χ1n) is 6.09. The fraction of sp³-hybridized carbons (Fsp3) is 0.500. The molecule has 1 aliphatic rings. The van der Waals surface area contributed by atoms with Crippen molar-refractivity contribution in [3.05, 3.63) is 18.2 Å². The molecule has 106 valence electrons. The highest BCUT2D eigenvalue weighted by molar-refractivity contribution is 7.89. The van der Waals surface area contributed by atoms with E-state index >= 15 is 0 Å². The van der Waals surface area contributed by atoms with Gasteiger partial charge in [-0.05, 0) is 37.0 Å². The van der Waals surface area contributed by atoms with Crippen LogP contribution in [0.15, 0.2) is 23.1 Å². The molecule has 2 rings (SSSR count). The number of primary sulfonamides is 1. The van der Waals surface area contributed by atoms with Gasteiger partial charge in [0.1, 0.15) is 10.6 Å². The van der Waals surface area contributed by atoms with Gasteiger partial charge in [-0.15, -0.1) is 0 Å². The van der Waals surface area contributed by atoms with Crippen LogP contribution in [0.2, 0.25) is 0 Å². The summed E-state index contributed by atoms with van der Waals surface area (Å²) < 4.78 is 33.8. The molecule has 0 radical (unpaired) electrons. The molecular formula is C12H18N2O4S. The van der Waals surface area contributed by atoms with Crippen LogP contribution in [0.4, 0.5) is 5.69 Å². The van der Waals surface area contributed by atoms with Gasteiger partial charge < -0.3 is 15.2 Å². The van der Waals surface area contributed by atoms with E-state index in [0.29, 0.717) is 18.2 Å². The highest BCUT2D eigenvalue weighted by Crippen LogP contribution is 2.26.